The van der Waals surface area contributed by atoms with Crippen LogP contribution in [0.3, 0.4) is 0 Å². The third kappa shape index (κ3) is 6.57. The first-order chi connectivity index (χ1) is 17.1. The molecule has 36 heavy (non-hydrogen) atoms. The fraction of sp³-hybridized carbons (Fsp3) is 0.538. The number of ether oxygens (including phenoxy) is 1. The molecule has 0 saturated carbocycles. The minimum Gasteiger partial charge on any atom is -0.444 e. The van der Waals surface area contributed by atoms with Crippen LogP contribution in [0, 0.1) is 0 Å². The van der Waals surface area contributed by atoms with Crippen molar-refractivity contribution in [3.8, 4) is 0 Å². The molecule has 2 aliphatic rings. The van der Waals surface area contributed by atoms with Crippen LogP contribution in [0.4, 0.5) is 16.4 Å². The van der Waals surface area contributed by atoms with Crippen LogP contribution in [0.2, 0.25) is 5.02 Å². The van der Waals surface area contributed by atoms with Gasteiger partial charge in [0.15, 0.2) is 0 Å². The van der Waals surface area contributed by atoms with E-state index in [9.17, 15) is 9.59 Å². The highest BCUT2D eigenvalue weighted by Gasteiger charge is 2.32. The zero-order valence-corrected chi connectivity index (χ0v) is 22.1. The number of hydrogen-bond donors (Lipinski definition) is 2. The Kier molecular flexibility index (Phi) is 7.88. The van der Waals surface area contributed by atoms with Gasteiger partial charge in [0.2, 0.25) is 5.91 Å². The Bertz CT molecular complexity index is 1080. The predicted molar refractivity (Wildman–Crippen MR) is 141 cm³/mol. The number of nitrogens with zero attached hydrogens (tertiary/aromatic N) is 4. The number of rotatable bonds is 5. The fourth-order valence-corrected chi connectivity index (χ4v) is 4.69. The van der Waals surface area contributed by atoms with E-state index in [0.717, 1.165) is 35.6 Å². The molecule has 1 unspecified atom stereocenters. The average Bonchev–Trinajstić information content (AvgIpc) is 2.83. The Balaban J connectivity index is 1.44. The highest BCUT2D eigenvalue weighted by molar-refractivity contribution is 6.30. The normalized spacial score (nSPS) is 18.6. The minimum atomic E-state index is -0.745. The van der Waals surface area contributed by atoms with Crippen molar-refractivity contribution in [2.24, 2.45) is 0 Å². The number of carbonyl (C=O) groups excluding carboxylic acids is 2. The number of benzene rings is 1. The summed E-state index contributed by atoms with van der Waals surface area (Å²) in [5, 5.41) is 6.85. The van der Waals surface area contributed by atoms with Crippen LogP contribution < -0.4 is 15.5 Å². The molecule has 9 nitrogen and oxygen atoms in total. The molecule has 0 aliphatic carbocycles. The van der Waals surface area contributed by atoms with Gasteiger partial charge in [-0.2, -0.15) is 0 Å². The predicted octanol–water partition coefficient (Wildman–Crippen LogP) is 3.66. The van der Waals surface area contributed by atoms with E-state index in [1.165, 1.54) is 0 Å². The Morgan fingerprint density at radius 2 is 1.86 bits per heavy atom. The van der Waals surface area contributed by atoms with Gasteiger partial charge in [0.05, 0.1) is 0 Å². The van der Waals surface area contributed by atoms with Crippen molar-refractivity contribution < 1.29 is 14.3 Å². The molecule has 0 bridgehead atoms. The summed E-state index contributed by atoms with van der Waals surface area (Å²) in [6, 6.07) is 6.94. The van der Waals surface area contributed by atoms with Crippen molar-refractivity contribution in [1.82, 2.24) is 20.2 Å². The van der Waals surface area contributed by atoms with E-state index in [1.54, 1.807) is 39.2 Å². The number of halogens is 1. The second-order valence-electron chi connectivity index (χ2n) is 10.5. The monoisotopic (exact) mass is 514 g/mol. The van der Waals surface area contributed by atoms with E-state index in [2.05, 4.69) is 32.4 Å². The summed E-state index contributed by atoms with van der Waals surface area (Å²) in [5.74, 6) is 1.72. The van der Waals surface area contributed by atoms with Crippen molar-refractivity contribution in [3.63, 3.8) is 0 Å². The van der Waals surface area contributed by atoms with Gasteiger partial charge >= 0.3 is 6.09 Å². The van der Waals surface area contributed by atoms with Crippen molar-refractivity contribution >= 4 is 35.2 Å². The summed E-state index contributed by atoms with van der Waals surface area (Å²) in [5.41, 5.74) is 1.39. The molecule has 0 radical (unpaired) electrons. The maximum atomic E-state index is 13.6. The van der Waals surface area contributed by atoms with E-state index >= 15 is 0 Å². The maximum Gasteiger partial charge on any atom is 0.408 e. The number of alkyl carbamates (subject to hydrolysis) is 1. The molecule has 3 heterocycles. The smallest absolute Gasteiger partial charge is 0.408 e. The highest BCUT2D eigenvalue weighted by Crippen LogP contribution is 2.30. The molecule has 2 aromatic rings. The van der Waals surface area contributed by atoms with E-state index in [-0.39, 0.29) is 5.91 Å². The molecule has 194 valence electrons. The summed E-state index contributed by atoms with van der Waals surface area (Å²) < 4.78 is 5.43. The van der Waals surface area contributed by atoms with Crippen molar-refractivity contribution in [3.05, 3.63) is 46.7 Å². The summed E-state index contributed by atoms with van der Waals surface area (Å²) in [7, 11) is 0. The molecule has 0 spiro atoms. The third-order valence-electron chi connectivity index (χ3n) is 6.37. The first-order valence-corrected chi connectivity index (χ1v) is 12.8. The van der Waals surface area contributed by atoms with Gasteiger partial charge in [0, 0.05) is 49.2 Å². The molecule has 4 rings (SSSR count). The Labute approximate surface area is 217 Å². The lowest BCUT2D eigenvalue weighted by Crippen LogP contribution is -2.56. The fourth-order valence-electron chi connectivity index (χ4n) is 4.56. The second-order valence-corrected chi connectivity index (χ2v) is 10.9. The summed E-state index contributed by atoms with van der Waals surface area (Å²) in [6.45, 7) is 9.93. The van der Waals surface area contributed by atoms with Gasteiger partial charge in [-0.05, 0) is 58.2 Å². The number of nitrogens with one attached hydrogen (secondary N) is 2. The molecule has 2 amide bonds. The quantitative estimate of drug-likeness (QED) is 0.628. The molecule has 10 heteroatoms. The van der Waals surface area contributed by atoms with Crippen LogP contribution in [-0.2, 0) is 22.4 Å². The van der Waals surface area contributed by atoms with Crippen molar-refractivity contribution in [2.75, 3.05) is 36.4 Å². The maximum absolute atomic E-state index is 13.6. The van der Waals surface area contributed by atoms with Crippen LogP contribution in [-0.4, -0.2) is 70.7 Å². The summed E-state index contributed by atoms with van der Waals surface area (Å²) in [6.07, 6.45) is 3.31. The van der Waals surface area contributed by atoms with E-state index in [0.29, 0.717) is 43.7 Å². The zero-order valence-electron chi connectivity index (χ0n) is 21.4. The molecule has 2 atom stereocenters. The Morgan fingerprint density at radius 1 is 1.17 bits per heavy atom. The lowest BCUT2D eigenvalue weighted by Gasteiger charge is -2.38. The molecule has 2 aliphatic heterocycles. The Hall–Kier alpha value is -3.07. The van der Waals surface area contributed by atoms with Crippen LogP contribution in [0.25, 0.3) is 0 Å². The number of hydrogen-bond acceptors (Lipinski definition) is 7. The van der Waals surface area contributed by atoms with Crippen LogP contribution in [0.5, 0.6) is 0 Å². The standard InChI is InChI=1S/C26H35ClN6O3/c1-17-5-10-20-22(30-17)28-16-29-23(20)32-11-13-33(14-12-32)24(34)21(31-25(35)36-26(2,3)4)15-18-6-8-19(27)9-7-18/h6-9,16-17,21H,5,10-15H2,1-4H3,(H,31,35)(H,28,29,30)/t17?,21-/m0/s1. The number of piperazine rings is 1. The molecular formula is C26H35ClN6O3. The minimum absolute atomic E-state index is 0.129. The molecule has 1 saturated heterocycles. The zero-order chi connectivity index (χ0) is 25.9. The third-order valence-corrected chi connectivity index (χ3v) is 6.62. The lowest BCUT2D eigenvalue weighted by atomic mass is 10.0. The van der Waals surface area contributed by atoms with Crippen molar-refractivity contribution in [2.45, 2.75) is 64.6 Å². The molecule has 1 fully saturated rings. The van der Waals surface area contributed by atoms with Crippen LogP contribution in [0.1, 0.15) is 45.2 Å². The molecule has 1 aromatic heterocycles. The first kappa shape index (κ1) is 26.0. The SMILES string of the molecule is CC1CCc2c(ncnc2N2CCN(C(=O)[C@H](Cc3ccc(Cl)cc3)NC(=O)OC(C)(C)C)CC2)N1. The summed E-state index contributed by atoms with van der Waals surface area (Å²) in [4.78, 5) is 39.1. The average molecular weight is 515 g/mol. The van der Waals surface area contributed by atoms with Crippen molar-refractivity contribution in [1.29, 1.82) is 0 Å². The second kappa shape index (κ2) is 10.9. The topological polar surface area (TPSA) is 99.7 Å². The highest BCUT2D eigenvalue weighted by atomic mass is 35.5. The van der Waals surface area contributed by atoms with E-state index in [4.69, 9.17) is 16.3 Å². The number of aromatic nitrogens is 2. The van der Waals surface area contributed by atoms with Gasteiger partial charge in [0.25, 0.3) is 0 Å². The number of amides is 2. The number of anilines is 2. The van der Waals surface area contributed by atoms with Gasteiger partial charge in [-0.1, -0.05) is 23.7 Å². The Morgan fingerprint density at radius 3 is 2.53 bits per heavy atom. The number of fused-ring (bicyclic) bond motifs is 1. The first-order valence-electron chi connectivity index (χ1n) is 12.5. The largest absolute Gasteiger partial charge is 0.444 e. The lowest BCUT2D eigenvalue weighted by molar-refractivity contribution is -0.133. The van der Waals surface area contributed by atoms with Crippen LogP contribution in [0.15, 0.2) is 30.6 Å². The molecule has 2 N–H and O–H groups in total. The summed E-state index contributed by atoms with van der Waals surface area (Å²) >= 11 is 6.02. The van der Waals surface area contributed by atoms with Gasteiger partial charge < -0.3 is 25.2 Å². The van der Waals surface area contributed by atoms with Crippen LogP contribution >= 0.6 is 11.6 Å². The van der Waals surface area contributed by atoms with Gasteiger partial charge in [-0.3, -0.25) is 4.79 Å². The number of carbonyl (C=O) groups is 2. The molecular weight excluding hydrogens is 480 g/mol. The van der Waals surface area contributed by atoms with E-state index < -0.39 is 17.7 Å². The van der Waals surface area contributed by atoms with Gasteiger partial charge in [-0.15, -0.1) is 0 Å². The molecule has 1 aromatic carbocycles. The van der Waals surface area contributed by atoms with E-state index in [1.807, 2.05) is 17.0 Å². The van der Waals surface area contributed by atoms with Gasteiger partial charge in [-0.25, -0.2) is 14.8 Å². The van der Waals surface area contributed by atoms with Gasteiger partial charge in [0.1, 0.15) is 29.6 Å².